The number of ether oxygens (including phenoxy) is 1. The number of fused-ring (bicyclic) bond motifs is 1. The Morgan fingerprint density at radius 3 is 2.68 bits per heavy atom. The average molecular weight is 440 g/mol. The molecule has 0 unspecified atom stereocenters. The van der Waals surface area contributed by atoms with Crippen molar-refractivity contribution in [2.75, 3.05) is 37.6 Å². The van der Waals surface area contributed by atoms with Gasteiger partial charge in [-0.3, -0.25) is 4.79 Å². The van der Waals surface area contributed by atoms with Crippen molar-refractivity contribution in [3.63, 3.8) is 0 Å². The minimum Gasteiger partial charge on any atom is -0.488 e. The van der Waals surface area contributed by atoms with Crippen molar-refractivity contribution < 1.29 is 9.53 Å². The normalized spacial score (nSPS) is 20.1. The Kier molecular flexibility index (Phi) is 5.46. The molecule has 2 aromatic heterocycles. The maximum absolute atomic E-state index is 11.6. The molecule has 8 heteroatoms. The van der Waals surface area contributed by atoms with Crippen LogP contribution in [0.4, 0.5) is 5.69 Å². The van der Waals surface area contributed by atoms with Crippen LogP contribution in [0.15, 0.2) is 42.7 Å². The van der Waals surface area contributed by atoms with E-state index in [9.17, 15) is 4.79 Å². The van der Waals surface area contributed by atoms with Gasteiger partial charge in [0.25, 0.3) is 0 Å². The molecule has 162 valence electrons. The molecule has 2 fully saturated rings. The maximum Gasteiger partial charge on any atom is 0.220 e. The van der Waals surface area contributed by atoms with Crippen molar-refractivity contribution in [3.05, 3.63) is 47.7 Å². The fourth-order valence-electron chi connectivity index (χ4n) is 4.34. The molecular formula is C23H26ClN5O2. The number of carbonyl (C=O) groups is 1. The van der Waals surface area contributed by atoms with Crippen LogP contribution in [-0.2, 0) is 4.79 Å². The number of rotatable bonds is 5. The standard InChI is InChI=1S/C23H26ClN5O2/c1-15(17-11-22(30)26-12-17)31-21-10-18(14-29-23(21)20(24)13-27-29)16-2-4-19(5-3-16)28-8-6-25-7-9-28/h2-5,10,13-15,17,25H,6-9,11-12H2,1H3,(H,26,30)/t15-,17-/m1/s1. The van der Waals surface area contributed by atoms with Gasteiger partial charge in [0, 0.05) is 62.5 Å². The van der Waals surface area contributed by atoms with E-state index in [1.807, 2.05) is 19.2 Å². The number of halogens is 1. The fraction of sp³-hybridized carbons (Fsp3) is 0.391. The largest absolute Gasteiger partial charge is 0.488 e. The topological polar surface area (TPSA) is 70.9 Å². The molecule has 2 aliphatic heterocycles. The van der Waals surface area contributed by atoms with Crippen LogP contribution in [0, 0.1) is 5.92 Å². The summed E-state index contributed by atoms with van der Waals surface area (Å²) >= 11 is 6.41. The summed E-state index contributed by atoms with van der Waals surface area (Å²) in [6.45, 7) is 6.70. The minimum atomic E-state index is -0.126. The molecule has 31 heavy (non-hydrogen) atoms. The van der Waals surface area contributed by atoms with Gasteiger partial charge < -0.3 is 20.3 Å². The Labute approximate surface area is 186 Å². The van der Waals surface area contributed by atoms with Crippen LogP contribution in [0.2, 0.25) is 5.02 Å². The van der Waals surface area contributed by atoms with E-state index in [1.165, 1.54) is 5.69 Å². The molecule has 0 spiro atoms. The summed E-state index contributed by atoms with van der Waals surface area (Å²) in [6.07, 6.45) is 3.96. The van der Waals surface area contributed by atoms with Crippen LogP contribution < -0.4 is 20.3 Å². The van der Waals surface area contributed by atoms with Crippen LogP contribution >= 0.6 is 11.6 Å². The molecule has 5 rings (SSSR count). The molecule has 2 aliphatic rings. The molecule has 2 saturated heterocycles. The summed E-state index contributed by atoms with van der Waals surface area (Å²) in [4.78, 5) is 14.0. The molecule has 1 amide bonds. The first-order valence-corrected chi connectivity index (χ1v) is 11.1. The van der Waals surface area contributed by atoms with Crippen LogP contribution in [0.3, 0.4) is 0 Å². The van der Waals surface area contributed by atoms with Crippen molar-refractivity contribution in [3.8, 4) is 16.9 Å². The van der Waals surface area contributed by atoms with Crippen LogP contribution in [0.5, 0.6) is 5.75 Å². The van der Waals surface area contributed by atoms with E-state index in [-0.39, 0.29) is 17.9 Å². The first-order valence-electron chi connectivity index (χ1n) is 10.7. The highest BCUT2D eigenvalue weighted by molar-refractivity contribution is 6.34. The van der Waals surface area contributed by atoms with Gasteiger partial charge in [0.1, 0.15) is 17.4 Å². The monoisotopic (exact) mass is 439 g/mol. The number of pyridine rings is 1. The van der Waals surface area contributed by atoms with Crippen LogP contribution in [0.25, 0.3) is 16.6 Å². The zero-order chi connectivity index (χ0) is 21.4. The number of hydrogen-bond acceptors (Lipinski definition) is 5. The van der Waals surface area contributed by atoms with Gasteiger partial charge in [-0.2, -0.15) is 5.10 Å². The summed E-state index contributed by atoms with van der Waals surface area (Å²) in [5.41, 5.74) is 4.06. The minimum absolute atomic E-state index is 0.0753. The third-order valence-electron chi connectivity index (χ3n) is 6.20. The highest BCUT2D eigenvalue weighted by Crippen LogP contribution is 2.34. The summed E-state index contributed by atoms with van der Waals surface area (Å²) in [5, 5.41) is 11.2. The lowest BCUT2D eigenvalue weighted by molar-refractivity contribution is -0.119. The summed E-state index contributed by atoms with van der Waals surface area (Å²) in [6, 6.07) is 10.6. The molecule has 0 bridgehead atoms. The Balaban J connectivity index is 1.44. The fourth-order valence-corrected chi connectivity index (χ4v) is 4.56. The number of aromatic nitrogens is 2. The third-order valence-corrected chi connectivity index (χ3v) is 6.48. The third kappa shape index (κ3) is 4.07. The van der Waals surface area contributed by atoms with E-state index in [0.29, 0.717) is 23.7 Å². The van der Waals surface area contributed by atoms with Gasteiger partial charge >= 0.3 is 0 Å². The lowest BCUT2D eigenvalue weighted by atomic mass is 10.0. The van der Waals surface area contributed by atoms with E-state index in [2.05, 4.69) is 44.9 Å². The van der Waals surface area contributed by atoms with Crippen molar-refractivity contribution in [1.29, 1.82) is 0 Å². The molecule has 1 aromatic carbocycles. The maximum atomic E-state index is 11.6. The van der Waals surface area contributed by atoms with Crippen molar-refractivity contribution in [2.24, 2.45) is 5.92 Å². The summed E-state index contributed by atoms with van der Waals surface area (Å²) < 4.78 is 8.09. The highest BCUT2D eigenvalue weighted by Gasteiger charge is 2.28. The highest BCUT2D eigenvalue weighted by atomic mass is 35.5. The zero-order valence-corrected chi connectivity index (χ0v) is 18.2. The van der Waals surface area contributed by atoms with Crippen LogP contribution in [0.1, 0.15) is 13.3 Å². The van der Waals surface area contributed by atoms with Crippen molar-refractivity contribution in [2.45, 2.75) is 19.4 Å². The van der Waals surface area contributed by atoms with E-state index in [0.717, 1.165) is 42.8 Å². The van der Waals surface area contributed by atoms with Gasteiger partial charge in [-0.1, -0.05) is 23.7 Å². The molecule has 7 nitrogen and oxygen atoms in total. The van der Waals surface area contributed by atoms with E-state index >= 15 is 0 Å². The molecule has 2 N–H and O–H groups in total. The lowest BCUT2D eigenvalue weighted by Gasteiger charge is -2.29. The van der Waals surface area contributed by atoms with Gasteiger partial charge in [-0.15, -0.1) is 0 Å². The molecular weight excluding hydrogens is 414 g/mol. The Morgan fingerprint density at radius 2 is 1.97 bits per heavy atom. The summed E-state index contributed by atoms with van der Waals surface area (Å²) in [7, 11) is 0. The molecule has 3 aromatic rings. The number of benzene rings is 1. The van der Waals surface area contributed by atoms with E-state index in [4.69, 9.17) is 16.3 Å². The SMILES string of the molecule is C[C@@H](Oc1cc(-c2ccc(N3CCNCC3)cc2)cn2ncc(Cl)c12)[C@H]1CNC(=O)C1. The van der Waals surface area contributed by atoms with Gasteiger partial charge in [0.15, 0.2) is 0 Å². The van der Waals surface area contributed by atoms with E-state index < -0.39 is 0 Å². The number of nitrogens with zero attached hydrogens (tertiary/aromatic N) is 3. The smallest absolute Gasteiger partial charge is 0.220 e. The Bertz CT molecular complexity index is 1090. The van der Waals surface area contributed by atoms with Crippen molar-refractivity contribution in [1.82, 2.24) is 20.2 Å². The van der Waals surface area contributed by atoms with Crippen LogP contribution in [-0.4, -0.2) is 54.3 Å². The van der Waals surface area contributed by atoms with E-state index in [1.54, 1.807) is 10.7 Å². The van der Waals surface area contributed by atoms with Crippen molar-refractivity contribution >= 4 is 28.7 Å². The number of nitrogens with one attached hydrogen (secondary N) is 2. The first kappa shape index (κ1) is 20.2. The summed E-state index contributed by atoms with van der Waals surface area (Å²) in [5.74, 6) is 0.889. The molecule has 2 atom stereocenters. The van der Waals surface area contributed by atoms with Gasteiger partial charge in [-0.05, 0) is 30.7 Å². The van der Waals surface area contributed by atoms with Gasteiger partial charge in [0.05, 0.1) is 11.2 Å². The number of piperazine rings is 1. The number of amides is 1. The molecule has 0 saturated carbocycles. The predicted molar refractivity (Wildman–Crippen MR) is 122 cm³/mol. The predicted octanol–water partition coefficient (Wildman–Crippen LogP) is 2.97. The van der Waals surface area contributed by atoms with Gasteiger partial charge in [0.2, 0.25) is 5.91 Å². The molecule has 4 heterocycles. The second-order valence-electron chi connectivity index (χ2n) is 8.25. The first-order chi connectivity index (χ1) is 15.1. The number of carbonyl (C=O) groups excluding carboxylic acids is 1. The number of anilines is 1. The quantitative estimate of drug-likeness (QED) is 0.639. The second kappa shape index (κ2) is 8.40. The lowest BCUT2D eigenvalue weighted by Crippen LogP contribution is -2.43. The average Bonchev–Trinajstić information content (AvgIpc) is 3.40. The Morgan fingerprint density at radius 1 is 1.19 bits per heavy atom. The number of hydrogen-bond donors (Lipinski definition) is 2. The molecule has 0 radical (unpaired) electrons. The Hall–Kier alpha value is -2.77. The van der Waals surface area contributed by atoms with Gasteiger partial charge in [-0.25, -0.2) is 4.52 Å². The zero-order valence-electron chi connectivity index (χ0n) is 17.5. The molecule has 0 aliphatic carbocycles. The second-order valence-corrected chi connectivity index (χ2v) is 8.66.